The van der Waals surface area contributed by atoms with E-state index >= 15 is 0 Å². The van der Waals surface area contributed by atoms with Gasteiger partial charge in [0.15, 0.2) is 5.16 Å². The van der Waals surface area contributed by atoms with E-state index in [1.807, 2.05) is 32.0 Å². The van der Waals surface area contributed by atoms with Crippen molar-refractivity contribution in [3.63, 3.8) is 0 Å². The molecule has 0 aliphatic heterocycles. The van der Waals surface area contributed by atoms with E-state index in [-0.39, 0.29) is 25.0 Å². The van der Waals surface area contributed by atoms with E-state index in [1.165, 1.54) is 11.8 Å². The average Bonchev–Trinajstić information content (AvgIpc) is 2.64. The Hall–Kier alpha value is -2.68. The SMILES string of the molecule is CC(C)NC(=O)OCCOC(=O)CSc1nccc(-c2ccccn2)n1. The fourth-order valence-corrected chi connectivity index (χ4v) is 2.43. The van der Waals surface area contributed by atoms with Crippen molar-refractivity contribution in [2.75, 3.05) is 19.0 Å². The molecule has 0 aromatic carbocycles. The number of hydrogen-bond donors (Lipinski definition) is 1. The molecule has 0 unspecified atom stereocenters. The third-order valence-electron chi connectivity index (χ3n) is 2.87. The molecule has 0 radical (unpaired) electrons. The molecule has 0 atom stereocenters. The number of nitrogens with one attached hydrogen (secondary N) is 1. The van der Waals surface area contributed by atoms with Crippen molar-refractivity contribution in [1.82, 2.24) is 20.3 Å². The van der Waals surface area contributed by atoms with Gasteiger partial charge in [-0.05, 0) is 32.0 Å². The standard InChI is InChI=1S/C17H20N4O4S/c1-12(2)20-17(23)25-10-9-24-15(22)11-26-16-19-8-6-14(21-16)13-5-3-4-7-18-13/h3-8,12H,9-11H2,1-2H3,(H,20,23). The Kier molecular flexibility index (Phi) is 7.81. The van der Waals surface area contributed by atoms with Gasteiger partial charge in [-0.2, -0.15) is 0 Å². The van der Waals surface area contributed by atoms with Crippen LogP contribution in [0.25, 0.3) is 11.4 Å². The fraction of sp³-hybridized carbons (Fsp3) is 0.353. The summed E-state index contributed by atoms with van der Waals surface area (Å²) in [5.74, 6) is -0.376. The number of amides is 1. The second-order valence-corrected chi connectivity index (χ2v) is 6.33. The van der Waals surface area contributed by atoms with Crippen molar-refractivity contribution < 1.29 is 19.1 Å². The number of carbonyl (C=O) groups is 2. The molecular formula is C17H20N4O4S. The van der Waals surface area contributed by atoms with Gasteiger partial charge in [0.05, 0.1) is 17.1 Å². The lowest BCUT2D eigenvalue weighted by Crippen LogP contribution is -2.31. The van der Waals surface area contributed by atoms with E-state index in [9.17, 15) is 9.59 Å². The van der Waals surface area contributed by atoms with Crippen LogP contribution in [0.3, 0.4) is 0 Å². The third kappa shape index (κ3) is 7.06. The van der Waals surface area contributed by atoms with Gasteiger partial charge in [-0.25, -0.2) is 14.8 Å². The minimum absolute atomic E-state index is 0.000257. The Morgan fingerprint density at radius 3 is 2.62 bits per heavy atom. The van der Waals surface area contributed by atoms with Crippen LogP contribution in [0.5, 0.6) is 0 Å². The summed E-state index contributed by atoms with van der Waals surface area (Å²) in [5.41, 5.74) is 1.41. The highest BCUT2D eigenvalue weighted by Gasteiger charge is 2.09. The molecule has 2 aromatic rings. The molecule has 1 N–H and O–H groups in total. The monoisotopic (exact) mass is 376 g/mol. The first-order chi connectivity index (χ1) is 12.5. The van der Waals surface area contributed by atoms with Gasteiger partial charge in [0, 0.05) is 18.4 Å². The van der Waals surface area contributed by atoms with E-state index in [1.54, 1.807) is 18.5 Å². The second kappa shape index (κ2) is 10.3. The summed E-state index contributed by atoms with van der Waals surface area (Å²) >= 11 is 1.17. The molecule has 0 fully saturated rings. The molecule has 9 heteroatoms. The molecule has 0 aliphatic carbocycles. The highest BCUT2D eigenvalue weighted by Crippen LogP contribution is 2.18. The first-order valence-electron chi connectivity index (χ1n) is 8.01. The summed E-state index contributed by atoms with van der Waals surface area (Å²) in [6.07, 6.45) is 2.77. The number of ether oxygens (including phenoxy) is 2. The number of alkyl carbamates (subject to hydrolysis) is 1. The lowest BCUT2D eigenvalue weighted by atomic mass is 10.3. The number of pyridine rings is 1. The van der Waals surface area contributed by atoms with Gasteiger partial charge in [0.25, 0.3) is 0 Å². The van der Waals surface area contributed by atoms with Crippen LogP contribution >= 0.6 is 11.8 Å². The smallest absolute Gasteiger partial charge is 0.407 e. The maximum atomic E-state index is 11.7. The molecule has 0 aliphatic rings. The van der Waals surface area contributed by atoms with Crippen LogP contribution in [0, 0.1) is 0 Å². The Balaban J connectivity index is 1.72. The predicted octanol–water partition coefficient (Wildman–Crippen LogP) is 2.31. The van der Waals surface area contributed by atoms with Crippen LogP contribution < -0.4 is 5.32 Å². The number of aromatic nitrogens is 3. The van der Waals surface area contributed by atoms with Crippen molar-refractivity contribution in [2.24, 2.45) is 0 Å². The quantitative estimate of drug-likeness (QED) is 0.324. The topological polar surface area (TPSA) is 103 Å². The summed E-state index contributed by atoms with van der Waals surface area (Å²) < 4.78 is 9.87. The number of rotatable bonds is 8. The zero-order valence-corrected chi connectivity index (χ0v) is 15.4. The van der Waals surface area contributed by atoms with Crippen molar-refractivity contribution >= 4 is 23.8 Å². The summed E-state index contributed by atoms with van der Waals surface area (Å²) in [6, 6.07) is 7.29. The Morgan fingerprint density at radius 1 is 1.08 bits per heavy atom. The lowest BCUT2D eigenvalue weighted by Gasteiger charge is -2.09. The van der Waals surface area contributed by atoms with Crippen LogP contribution in [0.15, 0.2) is 41.8 Å². The van der Waals surface area contributed by atoms with Crippen LogP contribution in [0.4, 0.5) is 4.79 Å². The molecule has 8 nitrogen and oxygen atoms in total. The van der Waals surface area contributed by atoms with Crippen LogP contribution in [-0.2, 0) is 14.3 Å². The fourth-order valence-electron chi connectivity index (χ4n) is 1.80. The molecule has 0 saturated heterocycles. The average molecular weight is 376 g/mol. The number of esters is 1. The maximum Gasteiger partial charge on any atom is 0.407 e. The zero-order valence-electron chi connectivity index (χ0n) is 14.5. The number of carbonyl (C=O) groups excluding carboxylic acids is 2. The molecule has 1 amide bonds. The molecule has 2 rings (SSSR count). The molecule has 26 heavy (non-hydrogen) atoms. The molecule has 0 bridgehead atoms. The van der Waals surface area contributed by atoms with Crippen LogP contribution in [0.1, 0.15) is 13.8 Å². The van der Waals surface area contributed by atoms with E-state index < -0.39 is 12.1 Å². The normalized spacial score (nSPS) is 10.4. The summed E-state index contributed by atoms with van der Waals surface area (Å²) in [6.45, 7) is 3.65. The van der Waals surface area contributed by atoms with Crippen LogP contribution in [-0.4, -0.2) is 52.0 Å². The van der Waals surface area contributed by atoms with Gasteiger partial charge in [0.1, 0.15) is 13.2 Å². The number of nitrogens with zero attached hydrogens (tertiary/aromatic N) is 3. The van der Waals surface area contributed by atoms with Crippen LogP contribution in [0.2, 0.25) is 0 Å². The third-order valence-corrected chi connectivity index (χ3v) is 3.70. The summed E-state index contributed by atoms with van der Waals surface area (Å²) in [5, 5.41) is 3.03. The lowest BCUT2D eigenvalue weighted by molar-refractivity contribution is -0.141. The first-order valence-corrected chi connectivity index (χ1v) is 8.99. The minimum Gasteiger partial charge on any atom is -0.461 e. The largest absolute Gasteiger partial charge is 0.461 e. The molecule has 2 heterocycles. The Morgan fingerprint density at radius 2 is 1.88 bits per heavy atom. The van der Waals surface area contributed by atoms with Gasteiger partial charge in [0.2, 0.25) is 0 Å². The highest BCUT2D eigenvalue weighted by atomic mass is 32.2. The first kappa shape index (κ1) is 19.6. The van der Waals surface area contributed by atoms with E-state index in [0.717, 1.165) is 5.69 Å². The van der Waals surface area contributed by atoms with Gasteiger partial charge >= 0.3 is 12.1 Å². The second-order valence-electron chi connectivity index (χ2n) is 5.38. The van der Waals surface area contributed by atoms with Gasteiger partial charge in [-0.15, -0.1) is 0 Å². The van der Waals surface area contributed by atoms with Gasteiger partial charge < -0.3 is 14.8 Å². The summed E-state index contributed by atoms with van der Waals surface area (Å²) in [7, 11) is 0. The highest BCUT2D eigenvalue weighted by molar-refractivity contribution is 7.99. The molecular weight excluding hydrogens is 356 g/mol. The van der Waals surface area contributed by atoms with Crippen molar-refractivity contribution in [3.05, 3.63) is 36.7 Å². The number of hydrogen-bond acceptors (Lipinski definition) is 8. The molecule has 2 aromatic heterocycles. The predicted molar refractivity (Wildman–Crippen MR) is 96.6 cm³/mol. The zero-order chi connectivity index (χ0) is 18.8. The molecule has 0 spiro atoms. The Labute approximate surface area is 155 Å². The van der Waals surface area contributed by atoms with E-state index in [4.69, 9.17) is 9.47 Å². The van der Waals surface area contributed by atoms with Crippen molar-refractivity contribution in [2.45, 2.75) is 25.0 Å². The van der Waals surface area contributed by atoms with E-state index in [0.29, 0.717) is 10.9 Å². The molecule has 138 valence electrons. The van der Waals surface area contributed by atoms with Gasteiger partial charge in [-0.3, -0.25) is 9.78 Å². The van der Waals surface area contributed by atoms with Crippen molar-refractivity contribution in [1.29, 1.82) is 0 Å². The molecule has 0 saturated carbocycles. The van der Waals surface area contributed by atoms with Crippen molar-refractivity contribution in [3.8, 4) is 11.4 Å². The Bertz CT molecular complexity index is 728. The minimum atomic E-state index is -0.537. The van der Waals surface area contributed by atoms with Gasteiger partial charge in [-0.1, -0.05) is 17.8 Å². The van der Waals surface area contributed by atoms with E-state index in [2.05, 4.69) is 20.3 Å². The number of thioether (sulfide) groups is 1. The maximum absolute atomic E-state index is 11.7. The summed E-state index contributed by atoms with van der Waals surface area (Å²) in [4.78, 5) is 35.7.